The standard InChI is InChI=1S/C10H15N3O3/c14-8(6-1-2-6)5-11-10(16)7-3-4-9(15)13-12-7/h6,8,14H,1-5H2,(H,11,16)(H,13,15). The Hall–Kier alpha value is -1.43. The van der Waals surface area contributed by atoms with Gasteiger partial charge in [-0.05, 0) is 18.8 Å². The Morgan fingerprint density at radius 3 is 2.88 bits per heavy atom. The highest BCUT2D eigenvalue weighted by molar-refractivity contribution is 6.39. The summed E-state index contributed by atoms with van der Waals surface area (Å²) in [5.41, 5.74) is 2.58. The first-order valence-corrected chi connectivity index (χ1v) is 5.48. The highest BCUT2D eigenvalue weighted by atomic mass is 16.3. The van der Waals surface area contributed by atoms with Crippen LogP contribution in [0.3, 0.4) is 0 Å². The molecule has 1 unspecified atom stereocenters. The molecular formula is C10H15N3O3. The van der Waals surface area contributed by atoms with Gasteiger partial charge in [0.05, 0.1) is 6.10 Å². The molecule has 2 rings (SSSR count). The van der Waals surface area contributed by atoms with E-state index in [1.54, 1.807) is 0 Å². The molecule has 1 atom stereocenters. The Labute approximate surface area is 93.1 Å². The molecular weight excluding hydrogens is 210 g/mol. The second-order valence-electron chi connectivity index (χ2n) is 4.21. The van der Waals surface area contributed by atoms with Gasteiger partial charge in [-0.3, -0.25) is 9.59 Å². The maximum Gasteiger partial charge on any atom is 0.267 e. The summed E-state index contributed by atoms with van der Waals surface area (Å²) in [7, 11) is 0. The van der Waals surface area contributed by atoms with E-state index in [1.165, 1.54) is 0 Å². The van der Waals surface area contributed by atoms with Crippen LogP contribution in [-0.4, -0.2) is 35.3 Å². The zero-order valence-electron chi connectivity index (χ0n) is 8.90. The predicted molar refractivity (Wildman–Crippen MR) is 56.6 cm³/mol. The number of carbonyl (C=O) groups is 2. The third kappa shape index (κ3) is 2.79. The molecule has 6 nitrogen and oxygen atoms in total. The van der Waals surface area contributed by atoms with Crippen molar-refractivity contribution in [2.45, 2.75) is 31.8 Å². The predicted octanol–water partition coefficient (Wildman–Crippen LogP) is -0.860. The lowest BCUT2D eigenvalue weighted by Crippen LogP contribution is -2.40. The molecule has 1 saturated carbocycles. The Morgan fingerprint density at radius 1 is 1.56 bits per heavy atom. The van der Waals surface area contributed by atoms with Crippen LogP contribution in [0.1, 0.15) is 25.7 Å². The molecule has 1 aliphatic heterocycles. The van der Waals surface area contributed by atoms with Gasteiger partial charge in [-0.1, -0.05) is 0 Å². The van der Waals surface area contributed by atoms with E-state index >= 15 is 0 Å². The molecule has 0 aromatic rings. The van der Waals surface area contributed by atoms with Gasteiger partial charge in [0.1, 0.15) is 5.71 Å². The molecule has 2 amide bonds. The summed E-state index contributed by atoms with van der Waals surface area (Å²) in [6, 6.07) is 0. The molecule has 88 valence electrons. The summed E-state index contributed by atoms with van der Waals surface area (Å²) in [4.78, 5) is 22.4. The molecule has 1 fully saturated rings. The summed E-state index contributed by atoms with van der Waals surface area (Å²) in [5, 5.41) is 15.8. The average Bonchev–Trinajstić information content (AvgIpc) is 3.10. The molecule has 0 spiro atoms. The van der Waals surface area contributed by atoms with Crippen LogP contribution in [0.25, 0.3) is 0 Å². The quantitative estimate of drug-likeness (QED) is 0.581. The largest absolute Gasteiger partial charge is 0.391 e. The topological polar surface area (TPSA) is 90.8 Å². The van der Waals surface area contributed by atoms with E-state index in [1.807, 2.05) is 0 Å². The number of aliphatic hydroxyl groups excluding tert-OH is 1. The van der Waals surface area contributed by atoms with Gasteiger partial charge in [0, 0.05) is 19.4 Å². The second kappa shape index (κ2) is 4.61. The zero-order chi connectivity index (χ0) is 11.5. The van der Waals surface area contributed by atoms with Gasteiger partial charge in [0.25, 0.3) is 5.91 Å². The van der Waals surface area contributed by atoms with Crippen molar-refractivity contribution in [3.05, 3.63) is 0 Å². The van der Waals surface area contributed by atoms with E-state index in [2.05, 4.69) is 15.8 Å². The highest BCUT2D eigenvalue weighted by Gasteiger charge is 2.30. The van der Waals surface area contributed by atoms with Crippen molar-refractivity contribution in [3.63, 3.8) is 0 Å². The van der Waals surface area contributed by atoms with Crippen LogP contribution in [0.2, 0.25) is 0 Å². The highest BCUT2D eigenvalue weighted by Crippen LogP contribution is 2.32. The lowest BCUT2D eigenvalue weighted by molar-refractivity contribution is -0.121. The summed E-state index contributed by atoms with van der Waals surface area (Å²) < 4.78 is 0. The first-order chi connectivity index (χ1) is 7.66. The maximum absolute atomic E-state index is 11.5. The van der Waals surface area contributed by atoms with Gasteiger partial charge in [-0.25, -0.2) is 5.43 Å². The summed E-state index contributed by atoms with van der Waals surface area (Å²) in [6.07, 6.45) is 2.26. The normalized spacial score (nSPS) is 22.1. The van der Waals surface area contributed by atoms with Crippen LogP contribution in [0.4, 0.5) is 0 Å². The number of hydrogen-bond donors (Lipinski definition) is 3. The van der Waals surface area contributed by atoms with Gasteiger partial charge >= 0.3 is 0 Å². The number of carbonyl (C=O) groups excluding carboxylic acids is 2. The molecule has 1 aliphatic carbocycles. The summed E-state index contributed by atoms with van der Waals surface area (Å²) in [6.45, 7) is 0.260. The lowest BCUT2D eigenvalue weighted by Gasteiger charge is -2.14. The number of nitrogens with zero attached hydrogens (tertiary/aromatic N) is 1. The number of amides is 2. The molecule has 1 heterocycles. The minimum absolute atomic E-state index is 0.172. The van der Waals surface area contributed by atoms with Gasteiger partial charge in [-0.15, -0.1) is 0 Å². The van der Waals surface area contributed by atoms with Crippen molar-refractivity contribution in [1.82, 2.24) is 10.7 Å². The molecule has 6 heteroatoms. The summed E-state index contributed by atoms with van der Waals surface area (Å²) in [5.74, 6) is -0.137. The van der Waals surface area contributed by atoms with Crippen molar-refractivity contribution in [1.29, 1.82) is 0 Å². The number of hydrogen-bond acceptors (Lipinski definition) is 4. The fourth-order valence-electron chi connectivity index (χ4n) is 1.58. The molecule has 0 radical (unpaired) electrons. The monoisotopic (exact) mass is 225 g/mol. The first kappa shape index (κ1) is 11.1. The Balaban J connectivity index is 1.76. The molecule has 16 heavy (non-hydrogen) atoms. The van der Waals surface area contributed by atoms with E-state index in [0.29, 0.717) is 18.1 Å². The van der Waals surface area contributed by atoms with Crippen molar-refractivity contribution >= 4 is 17.5 Å². The number of nitrogens with one attached hydrogen (secondary N) is 2. The van der Waals surface area contributed by atoms with E-state index in [4.69, 9.17) is 0 Å². The third-order valence-electron chi connectivity index (χ3n) is 2.80. The summed E-state index contributed by atoms with van der Waals surface area (Å²) >= 11 is 0. The van der Waals surface area contributed by atoms with E-state index in [0.717, 1.165) is 12.8 Å². The van der Waals surface area contributed by atoms with Gasteiger partial charge < -0.3 is 10.4 Å². The van der Waals surface area contributed by atoms with E-state index in [9.17, 15) is 14.7 Å². The lowest BCUT2D eigenvalue weighted by atomic mass is 10.1. The SMILES string of the molecule is O=C1CCC(C(=O)NCC(O)C2CC2)=NN1. The fraction of sp³-hybridized carbons (Fsp3) is 0.700. The molecule has 0 aromatic heterocycles. The minimum atomic E-state index is -0.456. The Morgan fingerprint density at radius 2 is 2.31 bits per heavy atom. The zero-order valence-corrected chi connectivity index (χ0v) is 8.90. The van der Waals surface area contributed by atoms with Crippen molar-refractivity contribution < 1.29 is 14.7 Å². The van der Waals surface area contributed by atoms with E-state index in [-0.39, 0.29) is 24.8 Å². The van der Waals surface area contributed by atoms with Gasteiger partial charge in [0.15, 0.2) is 0 Å². The Kier molecular flexibility index (Phi) is 3.19. The smallest absolute Gasteiger partial charge is 0.267 e. The first-order valence-electron chi connectivity index (χ1n) is 5.48. The van der Waals surface area contributed by atoms with Crippen LogP contribution in [0, 0.1) is 5.92 Å². The average molecular weight is 225 g/mol. The van der Waals surface area contributed by atoms with Crippen molar-refractivity contribution in [2.75, 3.05) is 6.54 Å². The number of rotatable bonds is 4. The molecule has 0 saturated heterocycles. The van der Waals surface area contributed by atoms with Crippen LogP contribution in [-0.2, 0) is 9.59 Å². The molecule has 2 aliphatic rings. The van der Waals surface area contributed by atoms with Crippen LogP contribution in [0.15, 0.2) is 5.10 Å². The minimum Gasteiger partial charge on any atom is -0.391 e. The van der Waals surface area contributed by atoms with E-state index < -0.39 is 6.10 Å². The Bertz CT molecular complexity index is 336. The second-order valence-corrected chi connectivity index (χ2v) is 4.21. The fourth-order valence-corrected chi connectivity index (χ4v) is 1.58. The van der Waals surface area contributed by atoms with Gasteiger partial charge in [-0.2, -0.15) is 5.10 Å². The molecule has 0 aromatic carbocycles. The van der Waals surface area contributed by atoms with Crippen LogP contribution < -0.4 is 10.7 Å². The van der Waals surface area contributed by atoms with Gasteiger partial charge in [0.2, 0.25) is 5.91 Å². The van der Waals surface area contributed by atoms with Crippen LogP contribution in [0.5, 0.6) is 0 Å². The molecule has 3 N–H and O–H groups in total. The van der Waals surface area contributed by atoms with Crippen molar-refractivity contribution in [3.8, 4) is 0 Å². The maximum atomic E-state index is 11.5. The molecule has 0 bridgehead atoms. The van der Waals surface area contributed by atoms with Crippen LogP contribution >= 0.6 is 0 Å². The third-order valence-corrected chi connectivity index (χ3v) is 2.80. The number of aliphatic hydroxyl groups is 1. The number of hydrazone groups is 1. The van der Waals surface area contributed by atoms with Crippen molar-refractivity contribution in [2.24, 2.45) is 11.0 Å².